The van der Waals surface area contributed by atoms with Crippen molar-refractivity contribution < 1.29 is 23.5 Å². The van der Waals surface area contributed by atoms with E-state index in [1.54, 1.807) is 24.3 Å². The molecule has 124 valence electrons. The summed E-state index contributed by atoms with van der Waals surface area (Å²) in [5, 5.41) is 2.32. The molecule has 0 unspecified atom stereocenters. The van der Waals surface area contributed by atoms with Crippen LogP contribution in [0.5, 0.6) is 5.75 Å². The number of methoxy groups -OCH3 is 1. The van der Waals surface area contributed by atoms with Crippen LogP contribution >= 0.6 is 0 Å². The Labute approximate surface area is 138 Å². The van der Waals surface area contributed by atoms with Crippen LogP contribution in [-0.2, 0) is 14.3 Å². The van der Waals surface area contributed by atoms with Gasteiger partial charge in [0.15, 0.2) is 6.61 Å². The van der Waals surface area contributed by atoms with E-state index in [1.165, 1.54) is 37.5 Å². The minimum atomic E-state index is -0.690. The number of carbonyl (C=O) groups excluding carboxylic acids is 2. The molecule has 0 aliphatic carbocycles. The van der Waals surface area contributed by atoms with Crippen LogP contribution in [0.3, 0.4) is 0 Å². The number of esters is 1. The van der Waals surface area contributed by atoms with E-state index in [2.05, 4.69) is 5.32 Å². The molecule has 2 aromatic rings. The van der Waals surface area contributed by atoms with Gasteiger partial charge in [0, 0.05) is 11.6 Å². The van der Waals surface area contributed by atoms with E-state index in [4.69, 9.17) is 9.47 Å². The quantitative estimate of drug-likeness (QED) is 0.653. The zero-order chi connectivity index (χ0) is 17.4. The van der Waals surface area contributed by atoms with Crippen LogP contribution in [0.4, 0.5) is 10.1 Å². The number of rotatable bonds is 6. The molecule has 0 saturated carbocycles. The first-order valence-electron chi connectivity index (χ1n) is 7.12. The third-order valence-electron chi connectivity index (χ3n) is 3.03. The van der Waals surface area contributed by atoms with Crippen molar-refractivity contribution in [3.05, 3.63) is 66.0 Å². The van der Waals surface area contributed by atoms with E-state index in [1.807, 2.05) is 6.07 Å². The highest BCUT2D eigenvalue weighted by atomic mass is 19.1. The Kier molecular flexibility index (Phi) is 6.08. The van der Waals surface area contributed by atoms with Gasteiger partial charge in [-0.15, -0.1) is 0 Å². The maximum absolute atomic E-state index is 13.4. The minimum absolute atomic E-state index is 0.0307. The van der Waals surface area contributed by atoms with Gasteiger partial charge in [-0.05, 0) is 24.3 Å². The molecular weight excluding hydrogens is 313 g/mol. The molecule has 0 aliphatic heterocycles. The van der Waals surface area contributed by atoms with E-state index in [0.717, 1.165) is 0 Å². The average Bonchev–Trinajstić information content (AvgIpc) is 2.60. The molecule has 5 nitrogen and oxygen atoms in total. The van der Waals surface area contributed by atoms with Gasteiger partial charge in [0.2, 0.25) is 0 Å². The van der Waals surface area contributed by atoms with Gasteiger partial charge in [-0.2, -0.15) is 0 Å². The number of amides is 1. The van der Waals surface area contributed by atoms with E-state index < -0.39 is 24.3 Å². The highest BCUT2D eigenvalue weighted by Crippen LogP contribution is 2.18. The van der Waals surface area contributed by atoms with Gasteiger partial charge in [0.05, 0.1) is 12.8 Å². The molecule has 0 heterocycles. The maximum Gasteiger partial charge on any atom is 0.331 e. The first-order valence-corrected chi connectivity index (χ1v) is 7.12. The number of para-hydroxylation sites is 2. The monoisotopic (exact) mass is 329 g/mol. The third kappa shape index (κ3) is 4.95. The van der Waals surface area contributed by atoms with Crippen molar-refractivity contribution in [1.82, 2.24) is 0 Å². The van der Waals surface area contributed by atoms with Crippen LogP contribution in [0, 0.1) is 5.82 Å². The lowest BCUT2D eigenvalue weighted by atomic mass is 10.2. The van der Waals surface area contributed by atoms with Gasteiger partial charge in [-0.1, -0.05) is 30.3 Å². The number of ether oxygens (including phenoxy) is 2. The molecule has 0 fully saturated rings. The molecule has 2 aromatic carbocycles. The molecule has 0 aliphatic rings. The van der Waals surface area contributed by atoms with Crippen LogP contribution in [0.1, 0.15) is 5.56 Å². The summed E-state index contributed by atoms with van der Waals surface area (Å²) < 4.78 is 23.3. The average molecular weight is 329 g/mol. The first kappa shape index (κ1) is 17.2. The van der Waals surface area contributed by atoms with Gasteiger partial charge in [-0.3, -0.25) is 4.79 Å². The Morgan fingerprint density at radius 3 is 2.58 bits per heavy atom. The minimum Gasteiger partial charge on any atom is -0.496 e. The Hall–Kier alpha value is -3.15. The summed E-state index contributed by atoms with van der Waals surface area (Å²) >= 11 is 0. The lowest BCUT2D eigenvalue weighted by molar-refractivity contribution is -0.142. The van der Waals surface area contributed by atoms with E-state index in [9.17, 15) is 14.0 Å². The van der Waals surface area contributed by atoms with Crippen molar-refractivity contribution >= 4 is 23.6 Å². The zero-order valence-corrected chi connectivity index (χ0v) is 13.0. The summed E-state index contributed by atoms with van der Waals surface area (Å²) in [6, 6.07) is 12.9. The Morgan fingerprint density at radius 1 is 1.12 bits per heavy atom. The largest absolute Gasteiger partial charge is 0.496 e. The Morgan fingerprint density at radius 2 is 1.83 bits per heavy atom. The molecule has 24 heavy (non-hydrogen) atoms. The van der Waals surface area contributed by atoms with Gasteiger partial charge in [-0.25, -0.2) is 9.18 Å². The molecule has 1 N–H and O–H groups in total. The van der Waals surface area contributed by atoms with Crippen LogP contribution in [0.2, 0.25) is 0 Å². The Bertz CT molecular complexity index is 758. The SMILES string of the molecule is COc1ccccc1C=CC(=O)OCC(=O)Nc1ccccc1F. The fourth-order valence-electron chi connectivity index (χ4n) is 1.90. The van der Waals surface area contributed by atoms with Gasteiger partial charge in [0.25, 0.3) is 5.91 Å². The molecule has 0 aromatic heterocycles. The number of benzene rings is 2. The second-order valence-corrected chi connectivity index (χ2v) is 4.71. The normalized spacial score (nSPS) is 10.4. The topological polar surface area (TPSA) is 64.6 Å². The lowest BCUT2D eigenvalue weighted by Crippen LogP contribution is -2.20. The van der Waals surface area contributed by atoms with Crippen molar-refractivity contribution in [2.45, 2.75) is 0 Å². The molecular formula is C18H16FNO4. The van der Waals surface area contributed by atoms with Crippen LogP contribution in [-0.4, -0.2) is 25.6 Å². The van der Waals surface area contributed by atoms with Crippen LogP contribution in [0.15, 0.2) is 54.6 Å². The first-order chi connectivity index (χ1) is 11.6. The fourth-order valence-corrected chi connectivity index (χ4v) is 1.90. The summed E-state index contributed by atoms with van der Waals surface area (Å²) in [6.45, 7) is -0.510. The number of hydrogen-bond acceptors (Lipinski definition) is 4. The number of halogens is 1. The van der Waals surface area contributed by atoms with Gasteiger partial charge < -0.3 is 14.8 Å². The predicted octanol–water partition coefficient (Wildman–Crippen LogP) is 3.03. The molecule has 0 bridgehead atoms. The van der Waals surface area contributed by atoms with E-state index >= 15 is 0 Å². The van der Waals surface area contributed by atoms with Crippen molar-refractivity contribution in [2.24, 2.45) is 0 Å². The number of nitrogens with one attached hydrogen (secondary N) is 1. The summed E-state index contributed by atoms with van der Waals surface area (Å²) in [5.41, 5.74) is 0.732. The van der Waals surface area contributed by atoms with Gasteiger partial charge in [0.1, 0.15) is 11.6 Å². The maximum atomic E-state index is 13.4. The molecule has 1 amide bonds. The lowest BCUT2D eigenvalue weighted by Gasteiger charge is -2.06. The fraction of sp³-hybridized carbons (Fsp3) is 0.111. The second kappa shape index (κ2) is 8.47. The number of anilines is 1. The zero-order valence-electron chi connectivity index (χ0n) is 13.0. The standard InChI is InChI=1S/C18H16FNO4/c1-23-16-9-5-2-6-13(16)10-11-18(22)24-12-17(21)20-15-8-4-3-7-14(15)19/h2-11H,12H2,1H3,(H,20,21). The Balaban J connectivity index is 1.85. The molecule has 0 radical (unpaired) electrons. The highest BCUT2D eigenvalue weighted by molar-refractivity contribution is 5.94. The van der Waals surface area contributed by atoms with Crippen molar-refractivity contribution in [3.63, 3.8) is 0 Å². The summed E-state index contributed by atoms with van der Waals surface area (Å²) in [6.07, 6.45) is 2.71. The number of hydrogen-bond donors (Lipinski definition) is 1. The number of carbonyl (C=O) groups is 2. The van der Waals surface area contributed by atoms with Crippen LogP contribution < -0.4 is 10.1 Å². The predicted molar refractivity (Wildman–Crippen MR) is 88.0 cm³/mol. The second-order valence-electron chi connectivity index (χ2n) is 4.71. The molecule has 0 atom stereocenters. The summed E-state index contributed by atoms with van der Waals surface area (Å²) in [7, 11) is 1.53. The molecule has 0 saturated heterocycles. The van der Waals surface area contributed by atoms with E-state index in [-0.39, 0.29) is 5.69 Å². The molecule has 6 heteroatoms. The van der Waals surface area contributed by atoms with Crippen molar-refractivity contribution in [2.75, 3.05) is 19.0 Å². The third-order valence-corrected chi connectivity index (χ3v) is 3.03. The van der Waals surface area contributed by atoms with Gasteiger partial charge >= 0.3 is 5.97 Å². The van der Waals surface area contributed by atoms with Crippen molar-refractivity contribution in [3.8, 4) is 5.75 Å². The van der Waals surface area contributed by atoms with Crippen molar-refractivity contribution in [1.29, 1.82) is 0 Å². The van der Waals surface area contributed by atoms with Crippen LogP contribution in [0.25, 0.3) is 6.08 Å². The highest BCUT2D eigenvalue weighted by Gasteiger charge is 2.08. The smallest absolute Gasteiger partial charge is 0.331 e. The van der Waals surface area contributed by atoms with E-state index in [0.29, 0.717) is 11.3 Å². The molecule has 2 rings (SSSR count). The summed E-state index contributed by atoms with van der Waals surface area (Å²) in [5.74, 6) is -1.27. The molecule has 0 spiro atoms. The summed E-state index contributed by atoms with van der Waals surface area (Å²) in [4.78, 5) is 23.3.